The second-order valence-electron chi connectivity index (χ2n) is 8.18. The van der Waals surface area contributed by atoms with Gasteiger partial charge in [-0.15, -0.1) is 0 Å². The van der Waals surface area contributed by atoms with Crippen LogP contribution in [0.1, 0.15) is 37.7 Å². The van der Waals surface area contributed by atoms with Crippen molar-refractivity contribution in [1.29, 1.82) is 5.26 Å². The predicted molar refractivity (Wildman–Crippen MR) is 120 cm³/mol. The van der Waals surface area contributed by atoms with E-state index in [0.717, 1.165) is 50.3 Å². The summed E-state index contributed by atoms with van der Waals surface area (Å²) in [6, 6.07) is 11.9. The van der Waals surface area contributed by atoms with Crippen LogP contribution >= 0.6 is 0 Å². The third-order valence-corrected chi connectivity index (χ3v) is 6.03. The molecule has 31 heavy (non-hydrogen) atoms. The molecular formula is C24H29N5O2. The minimum Gasteiger partial charge on any atom is -0.461 e. The maximum Gasteiger partial charge on any atom is 0.351 e. The van der Waals surface area contributed by atoms with E-state index in [1.165, 1.54) is 19.3 Å². The summed E-state index contributed by atoms with van der Waals surface area (Å²) in [7, 11) is 0. The van der Waals surface area contributed by atoms with E-state index in [0.29, 0.717) is 24.1 Å². The van der Waals surface area contributed by atoms with E-state index in [1.54, 1.807) is 6.20 Å². The molecule has 0 atom stereocenters. The Hall–Kier alpha value is -3.11. The molecule has 3 aliphatic rings. The predicted octanol–water partition coefficient (Wildman–Crippen LogP) is 2.79. The molecule has 2 aliphatic heterocycles. The molecule has 1 saturated heterocycles. The lowest BCUT2D eigenvalue weighted by Gasteiger charge is -2.33. The van der Waals surface area contributed by atoms with Gasteiger partial charge in [0.1, 0.15) is 11.8 Å². The fourth-order valence-corrected chi connectivity index (χ4v) is 4.28. The number of esters is 1. The first-order chi connectivity index (χ1) is 15.3. The standard InChI is InChI=1S/C24H29N5O2/c25-15-20(24(30)31-17-18-7-3-1-4-8-18)22-23(29-13-11-26-12-14-29)28-21(16-27-22)19-9-5-2-6-10-19/h2,5-6,9-10,16,18,26-27H,1,3-4,7-8,11-14,17H2/b22-20+. The lowest BCUT2D eigenvalue weighted by Crippen LogP contribution is -2.49. The fraction of sp³-hybridized carbons (Fsp3) is 0.458. The topological polar surface area (TPSA) is 89.8 Å². The Labute approximate surface area is 183 Å². The molecule has 7 heteroatoms. The number of carbonyl (C=O) groups is 1. The summed E-state index contributed by atoms with van der Waals surface area (Å²) in [6.45, 7) is 3.53. The monoisotopic (exact) mass is 419 g/mol. The van der Waals surface area contributed by atoms with Gasteiger partial charge >= 0.3 is 5.97 Å². The van der Waals surface area contributed by atoms with Gasteiger partial charge in [0.2, 0.25) is 0 Å². The van der Waals surface area contributed by atoms with E-state index in [4.69, 9.17) is 9.73 Å². The number of rotatable bonds is 4. The number of amidine groups is 1. The van der Waals surface area contributed by atoms with Gasteiger partial charge in [-0.25, -0.2) is 9.79 Å². The second-order valence-corrected chi connectivity index (χ2v) is 8.18. The van der Waals surface area contributed by atoms with E-state index < -0.39 is 5.97 Å². The zero-order chi connectivity index (χ0) is 21.5. The third kappa shape index (κ3) is 5.15. The van der Waals surface area contributed by atoms with Gasteiger partial charge in [-0.2, -0.15) is 5.26 Å². The summed E-state index contributed by atoms with van der Waals surface area (Å²) in [5.41, 5.74) is 2.15. The van der Waals surface area contributed by atoms with Crippen LogP contribution in [0.25, 0.3) is 5.70 Å². The highest BCUT2D eigenvalue weighted by Crippen LogP contribution is 2.25. The van der Waals surface area contributed by atoms with Crippen molar-refractivity contribution in [3.63, 3.8) is 0 Å². The van der Waals surface area contributed by atoms with Crippen molar-refractivity contribution < 1.29 is 9.53 Å². The van der Waals surface area contributed by atoms with Gasteiger partial charge in [0, 0.05) is 37.9 Å². The lowest BCUT2D eigenvalue weighted by atomic mass is 9.90. The fourth-order valence-electron chi connectivity index (χ4n) is 4.28. The van der Waals surface area contributed by atoms with Crippen LogP contribution in [0.2, 0.25) is 0 Å². The van der Waals surface area contributed by atoms with Crippen LogP contribution in [0.4, 0.5) is 0 Å². The minimum atomic E-state index is -0.574. The van der Waals surface area contributed by atoms with E-state index in [1.807, 2.05) is 30.3 Å². The molecule has 1 aromatic carbocycles. The van der Waals surface area contributed by atoms with Crippen LogP contribution in [-0.4, -0.2) is 49.5 Å². The summed E-state index contributed by atoms with van der Waals surface area (Å²) < 4.78 is 5.57. The zero-order valence-corrected chi connectivity index (χ0v) is 17.8. The van der Waals surface area contributed by atoms with Crippen LogP contribution in [0.5, 0.6) is 0 Å². The Morgan fingerprint density at radius 2 is 1.90 bits per heavy atom. The van der Waals surface area contributed by atoms with Gasteiger partial charge in [-0.3, -0.25) is 0 Å². The van der Waals surface area contributed by atoms with Crippen molar-refractivity contribution in [3.8, 4) is 6.07 Å². The van der Waals surface area contributed by atoms with Crippen molar-refractivity contribution in [2.75, 3.05) is 32.8 Å². The molecule has 2 heterocycles. The van der Waals surface area contributed by atoms with Gasteiger partial charge in [-0.1, -0.05) is 49.6 Å². The third-order valence-electron chi connectivity index (χ3n) is 6.03. The smallest absolute Gasteiger partial charge is 0.351 e. The Morgan fingerprint density at radius 1 is 1.16 bits per heavy atom. The van der Waals surface area contributed by atoms with Gasteiger partial charge in [-0.05, 0) is 18.8 Å². The SMILES string of the molecule is N#C/C(C(=O)OCC1CCCCC1)=C1\NC=C(c2ccccc2)N=C1N1CCNCC1. The summed E-state index contributed by atoms with van der Waals surface area (Å²) >= 11 is 0. The molecule has 7 nitrogen and oxygen atoms in total. The number of hydrogen-bond acceptors (Lipinski definition) is 7. The molecule has 1 aromatic rings. The van der Waals surface area contributed by atoms with Gasteiger partial charge in [0.15, 0.2) is 11.4 Å². The highest BCUT2D eigenvalue weighted by atomic mass is 16.5. The molecule has 0 aromatic heterocycles. The Bertz CT molecular complexity index is 917. The average molecular weight is 420 g/mol. The Balaban J connectivity index is 1.59. The molecule has 0 spiro atoms. The van der Waals surface area contributed by atoms with Gasteiger partial charge in [0.05, 0.1) is 12.3 Å². The first-order valence-electron chi connectivity index (χ1n) is 11.1. The highest BCUT2D eigenvalue weighted by Gasteiger charge is 2.28. The van der Waals surface area contributed by atoms with Crippen LogP contribution in [0, 0.1) is 17.2 Å². The van der Waals surface area contributed by atoms with Gasteiger partial charge < -0.3 is 20.3 Å². The molecule has 1 saturated carbocycles. The van der Waals surface area contributed by atoms with Crippen LogP contribution in [0.3, 0.4) is 0 Å². The number of hydrogen-bond donors (Lipinski definition) is 2. The van der Waals surface area contributed by atoms with Gasteiger partial charge in [0.25, 0.3) is 0 Å². The second kappa shape index (κ2) is 10.3. The summed E-state index contributed by atoms with van der Waals surface area (Å²) in [4.78, 5) is 19.8. The summed E-state index contributed by atoms with van der Waals surface area (Å²) in [5, 5.41) is 16.3. The number of nitrogens with zero attached hydrogens (tertiary/aromatic N) is 3. The van der Waals surface area contributed by atoms with E-state index >= 15 is 0 Å². The lowest BCUT2D eigenvalue weighted by molar-refractivity contribution is -0.140. The van der Waals surface area contributed by atoms with E-state index in [-0.39, 0.29) is 5.57 Å². The first-order valence-corrected chi connectivity index (χ1v) is 11.1. The van der Waals surface area contributed by atoms with E-state index in [9.17, 15) is 10.1 Å². The maximum atomic E-state index is 12.8. The molecular weight excluding hydrogens is 390 g/mol. The molecule has 0 unspecified atom stereocenters. The zero-order valence-electron chi connectivity index (χ0n) is 17.8. The number of nitrogens with one attached hydrogen (secondary N) is 2. The number of benzene rings is 1. The van der Waals surface area contributed by atoms with Crippen molar-refractivity contribution in [2.24, 2.45) is 10.9 Å². The van der Waals surface area contributed by atoms with Crippen molar-refractivity contribution in [3.05, 3.63) is 53.4 Å². The Morgan fingerprint density at radius 3 is 2.61 bits per heavy atom. The van der Waals surface area contributed by atoms with E-state index in [2.05, 4.69) is 21.6 Å². The van der Waals surface area contributed by atoms with Crippen molar-refractivity contribution in [1.82, 2.24) is 15.5 Å². The molecule has 0 radical (unpaired) electrons. The highest BCUT2D eigenvalue weighted by molar-refractivity contribution is 6.10. The first kappa shape index (κ1) is 21.1. The van der Waals surface area contributed by atoms with Crippen LogP contribution in [0.15, 0.2) is 52.8 Å². The summed E-state index contributed by atoms with van der Waals surface area (Å²) in [5.74, 6) is 0.442. The number of aliphatic imine (C=N–C) groups is 1. The minimum absolute atomic E-state index is 0.0172. The van der Waals surface area contributed by atoms with Crippen molar-refractivity contribution >= 4 is 17.5 Å². The molecule has 4 rings (SSSR count). The molecule has 162 valence electrons. The molecule has 2 N–H and O–H groups in total. The number of ether oxygens (including phenoxy) is 1. The Kier molecular flexibility index (Phi) is 7.00. The molecule has 0 bridgehead atoms. The molecule has 1 aliphatic carbocycles. The maximum absolute atomic E-state index is 12.8. The van der Waals surface area contributed by atoms with Crippen LogP contribution in [-0.2, 0) is 9.53 Å². The quantitative estimate of drug-likeness (QED) is 0.443. The largest absolute Gasteiger partial charge is 0.461 e. The molecule has 0 amide bonds. The number of nitriles is 1. The van der Waals surface area contributed by atoms with Crippen LogP contribution < -0.4 is 10.6 Å². The molecule has 2 fully saturated rings. The average Bonchev–Trinajstić information content (AvgIpc) is 2.85. The number of piperazine rings is 1. The normalized spacial score (nSPS) is 21.3. The van der Waals surface area contributed by atoms with Crippen molar-refractivity contribution in [2.45, 2.75) is 32.1 Å². The summed E-state index contributed by atoms with van der Waals surface area (Å²) in [6.07, 6.45) is 7.54. The number of carbonyl (C=O) groups excluding carboxylic acids is 1.